The van der Waals surface area contributed by atoms with E-state index in [4.69, 9.17) is 9.16 Å². The summed E-state index contributed by atoms with van der Waals surface area (Å²) < 4.78 is 12.6. The maximum absolute atomic E-state index is 6.40. The fraction of sp³-hybridized carbons (Fsp3) is 0.667. The summed E-state index contributed by atoms with van der Waals surface area (Å²) in [5.74, 6) is 0.479. The van der Waals surface area contributed by atoms with Gasteiger partial charge in [0.05, 0.1) is 6.61 Å². The van der Waals surface area contributed by atoms with Gasteiger partial charge in [-0.2, -0.15) is 0 Å². The highest BCUT2D eigenvalue weighted by Crippen LogP contribution is 2.42. The summed E-state index contributed by atoms with van der Waals surface area (Å²) >= 11 is 3.66. The molecule has 0 N–H and O–H groups in total. The molecule has 1 saturated heterocycles. The largest absolute Gasteiger partial charge is 0.416 e. The first kappa shape index (κ1) is 18.2. The second-order valence-electron chi connectivity index (χ2n) is 7.95. The molecule has 1 aliphatic rings. The van der Waals surface area contributed by atoms with Gasteiger partial charge in [0, 0.05) is 17.9 Å². The maximum Gasteiger partial charge on any atom is 0.191 e. The van der Waals surface area contributed by atoms with Crippen LogP contribution in [0.3, 0.4) is 0 Å². The predicted octanol–water partition coefficient (Wildman–Crippen LogP) is 5.34. The van der Waals surface area contributed by atoms with E-state index in [1.807, 2.05) is 0 Å². The molecule has 0 spiro atoms. The molecule has 1 aromatic carbocycles. The lowest BCUT2D eigenvalue weighted by Gasteiger charge is -2.37. The smallest absolute Gasteiger partial charge is 0.191 e. The fourth-order valence-electron chi connectivity index (χ4n) is 2.62. The van der Waals surface area contributed by atoms with E-state index < -0.39 is 8.32 Å². The molecule has 1 heterocycles. The number of alkyl halides is 1. The van der Waals surface area contributed by atoms with Gasteiger partial charge >= 0.3 is 0 Å². The monoisotopic (exact) mass is 384 g/mol. The summed E-state index contributed by atoms with van der Waals surface area (Å²) in [5, 5.41) is 1.10. The van der Waals surface area contributed by atoms with Gasteiger partial charge in [-0.25, -0.2) is 0 Å². The van der Waals surface area contributed by atoms with Gasteiger partial charge < -0.3 is 9.16 Å². The minimum atomic E-state index is -1.68. The van der Waals surface area contributed by atoms with Gasteiger partial charge in [0.15, 0.2) is 8.32 Å². The third-order valence-corrected chi connectivity index (χ3v) is 10.6. The molecule has 2 rings (SSSR count). The Morgan fingerprint density at radius 2 is 1.91 bits per heavy atom. The third-order valence-electron chi connectivity index (χ3n) is 5.22. The highest BCUT2D eigenvalue weighted by molar-refractivity contribution is 9.09. The lowest BCUT2D eigenvalue weighted by molar-refractivity contribution is 0.0201. The Morgan fingerprint density at radius 1 is 1.27 bits per heavy atom. The summed E-state index contributed by atoms with van der Waals surface area (Å²) in [5.41, 5.74) is 1.07. The lowest BCUT2D eigenvalue weighted by atomic mass is 9.89. The Morgan fingerprint density at radius 3 is 2.45 bits per heavy atom. The number of rotatable bonds is 5. The molecule has 2 nitrogen and oxygen atoms in total. The topological polar surface area (TPSA) is 18.5 Å². The van der Waals surface area contributed by atoms with E-state index in [2.05, 4.69) is 80.1 Å². The SMILES string of the molecule is CC(C)(C)[Si](C)(C)OC[C@H]1CO[C@@](CBr)(c2ccccc2)C1. The summed E-state index contributed by atoms with van der Waals surface area (Å²) in [6.07, 6.45) is 1.02. The number of ether oxygens (including phenoxy) is 1. The van der Waals surface area contributed by atoms with Crippen molar-refractivity contribution in [2.75, 3.05) is 18.5 Å². The minimum Gasteiger partial charge on any atom is -0.416 e. The Kier molecular flexibility index (Phi) is 5.58. The zero-order valence-electron chi connectivity index (χ0n) is 14.5. The molecule has 0 amide bonds. The van der Waals surface area contributed by atoms with Crippen molar-refractivity contribution in [1.82, 2.24) is 0 Å². The van der Waals surface area contributed by atoms with E-state index in [1.54, 1.807) is 0 Å². The van der Waals surface area contributed by atoms with Crippen molar-refractivity contribution < 1.29 is 9.16 Å². The van der Waals surface area contributed by atoms with Crippen LogP contribution >= 0.6 is 15.9 Å². The van der Waals surface area contributed by atoms with Crippen molar-refractivity contribution >= 4 is 24.2 Å². The van der Waals surface area contributed by atoms with Crippen LogP contribution in [0, 0.1) is 5.92 Å². The molecule has 0 aromatic heterocycles. The minimum absolute atomic E-state index is 0.192. The van der Waals surface area contributed by atoms with Crippen LogP contribution in [-0.2, 0) is 14.8 Å². The van der Waals surface area contributed by atoms with Crippen LogP contribution in [-0.4, -0.2) is 26.9 Å². The third kappa shape index (κ3) is 3.84. The Bertz CT molecular complexity index is 484. The molecule has 4 heteroatoms. The predicted molar refractivity (Wildman–Crippen MR) is 99.1 cm³/mol. The summed E-state index contributed by atoms with van der Waals surface area (Å²) in [6.45, 7) is 13.1. The summed E-state index contributed by atoms with van der Waals surface area (Å²) in [6, 6.07) is 10.6. The summed E-state index contributed by atoms with van der Waals surface area (Å²) in [4.78, 5) is 0. The average Bonchev–Trinajstić information content (AvgIpc) is 2.90. The van der Waals surface area contributed by atoms with Crippen LogP contribution in [0.2, 0.25) is 18.1 Å². The molecule has 22 heavy (non-hydrogen) atoms. The van der Waals surface area contributed by atoms with Crippen molar-refractivity contribution in [3.8, 4) is 0 Å². The van der Waals surface area contributed by atoms with E-state index >= 15 is 0 Å². The van der Waals surface area contributed by atoms with Crippen LogP contribution in [0.1, 0.15) is 32.8 Å². The normalized spacial score (nSPS) is 26.4. The first-order chi connectivity index (χ1) is 10.2. The molecule has 0 aliphatic carbocycles. The fourth-order valence-corrected chi connectivity index (χ4v) is 4.42. The highest BCUT2D eigenvalue weighted by Gasteiger charge is 2.43. The van der Waals surface area contributed by atoms with E-state index in [0.717, 1.165) is 25.0 Å². The first-order valence-corrected chi connectivity index (χ1v) is 12.1. The number of hydrogen-bond acceptors (Lipinski definition) is 2. The van der Waals surface area contributed by atoms with Crippen molar-refractivity contribution in [1.29, 1.82) is 0 Å². The molecule has 0 saturated carbocycles. The number of halogens is 1. The van der Waals surface area contributed by atoms with Crippen LogP contribution in [0.4, 0.5) is 0 Å². The first-order valence-electron chi connectivity index (χ1n) is 8.10. The summed E-state index contributed by atoms with van der Waals surface area (Å²) in [7, 11) is -1.68. The van der Waals surface area contributed by atoms with E-state index in [0.29, 0.717) is 5.92 Å². The van der Waals surface area contributed by atoms with E-state index in [-0.39, 0.29) is 10.6 Å². The number of benzene rings is 1. The van der Waals surface area contributed by atoms with Crippen molar-refractivity contribution in [3.63, 3.8) is 0 Å². The maximum atomic E-state index is 6.40. The van der Waals surface area contributed by atoms with Crippen LogP contribution in [0.15, 0.2) is 30.3 Å². The molecule has 2 atom stereocenters. The van der Waals surface area contributed by atoms with Crippen LogP contribution < -0.4 is 0 Å². The number of hydrogen-bond donors (Lipinski definition) is 0. The van der Waals surface area contributed by atoms with Gasteiger partial charge in [-0.05, 0) is 30.1 Å². The van der Waals surface area contributed by atoms with E-state index in [9.17, 15) is 0 Å². The zero-order chi connectivity index (χ0) is 16.4. The molecule has 1 aliphatic heterocycles. The Hall–Kier alpha value is -0.163. The van der Waals surface area contributed by atoms with Crippen molar-refractivity contribution in [2.24, 2.45) is 5.92 Å². The molecular weight excluding hydrogens is 356 g/mol. The van der Waals surface area contributed by atoms with Crippen LogP contribution in [0.5, 0.6) is 0 Å². The second-order valence-corrected chi connectivity index (χ2v) is 13.3. The molecule has 0 bridgehead atoms. The van der Waals surface area contributed by atoms with E-state index in [1.165, 1.54) is 5.56 Å². The highest BCUT2D eigenvalue weighted by atomic mass is 79.9. The molecule has 124 valence electrons. The molecule has 0 radical (unpaired) electrons. The lowest BCUT2D eigenvalue weighted by Crippen LogP contribution is -2.42. The standard InChI is InChI=1S/C18H29BrO2Si/c1-17(2,3)22(4,5)21-13-15-11-18(14-19,20-12-15)16-9-7-6-8-10-16/h6-10,15H,11-14H2,1-5H3/t15-,18+/m1/s1. The van der Waals surface area contributed by atoms with Gasteiger partial charge in [-0.3, -0.25) is 0 Å². The molecule has 0 unspecified atom stereocenters. The second kappa shape index (κ2) is 6.76. The Labute approximate surface area is 144 Å². The zero-order valence-corrected chi connectivity index (χ0v) is 17.1. The van der Waals surface area contributed by atoms with Gasteiger partial charge in [-0.15, -0.1) is 0 Å². The van der Waals surface area contributed by atoms with Gasteiger partial charge in [0.2, 0.25) is 0 Å². The Balaban J connectivity index is 2.00. The quantitative estimate of drug-likeness (QED) is 0.503. The average molecular weight is 385 g/mol. The van der Waals surface area contributed by atoms with Crippen molar-refractivity contribution in [3.05, 3.63) is 35.9 Å². The molecule has 1 aromatic rings. The molecule has 1 fully saturated rings. The van der Waals surface area contributed by atoms with Gasteiger partial charge in [0.25, 0.3) is 0 Å². The van der Waals surface area contributed by atoms with Gasteiger partial charge in [0.1, 0.15) is 5.60 Å². The van der Waals surface area contributed by atoms with Crippen molar-refractivity contribution in [2.45, 2.75) is 50.9 Å². The van der Waals surface area contributed by atoms with Crippen LogP contribution in [0.25, 0.3) is 0 Å². The van der Waals surface area contributed by atoms with Gasteiger partial charge in [-0.1, -0.05) is 67.0 Å². The molecular formula is C18H29BrO2Si.